The van der Waals surface area contributed by atoms with Gasteiger partial charge in [0.25, 0.3) is 5.91 Å². The molecule has 0 radical (unpaired) electrons. The van der Waals surface area contributed by atoms with Crippen molar-refractivity contribution in [3.63, 3.8) is 0 Å². The van der Waals surface area contributed by atoms with Crippen molar-refractivity contribution in [3.05, 3.63) is 95.3 Å². The number of carbonyl (C=O) groups is 2. The molecule has 0 aliphatic carbocycles. The first kappa shape index (κ1) is 20.1. The summed E-state index contributed by atoms with van der Waals surface area (Å²) in [5.74, 6) is -0.0421. The van der Waals surface area contributed by atoms with Gasteiger partial charge in [0.15, 0.2) is 0 Å². The van der Waals surface area contributed by atoms with Gasteiger partial charge in [-0.15, -0.1) is 0 Å². The maximum Gasteiger partial charge on any atom is 0.255 e. The van der Waals surface area contributed by atoms with E-state index in [0.717, 1.165) is 11.1 Å². The molecule has 0 heterocycles. The summed E-state index contributed by atoms with van der Waals surface area (Å²) in [6.07, 6.45) is 0. The monoisotopic (exact) mass is 392 g/mol. The third-order valence-corrected chi connectivity index (χ3v) is 4.17. The number of nitrogens with one attached hydrogen (secondary N) is 2. The van der Waals surface area contributed by atoms with Gasteiger partial charge in [0, 0.05) is 30.8 Å². The fourth-order valence-electron chi connectivity index (χ4n) is 2.61. The smallest absolute Gasteiger partial charge is 0.255 e. The maximum atomic E-state index is 13.0. The predicted molar refractivity (Wildman–Crippen MR) is 109 cm³/mol. The van der Waals surface area contributed by atoms with Crippen LogP contribution in [0.25, 0.3) is 0 Å². The van der Waals surface area contributed by atoms with Gasteiger partial charge in [0.1, 0.15) is 18.2 Å². The molecule has 0 saturated heterocycles. The van der Waals surface area contributed by atoms with Crippen LogP contribution in [0.15, 0.2) is 72.8 Å². The Balaban J connectivity index is 1.58. The van der Waals surface area contributed by atoms with Gasteiger partial charge in [-0.1, -0.05) is 30.3 Å². The topological polar surface area (TPSA) is 67.4 Å². The Morgan fingerprint density at radius 2 is 1.62 bits per heavy atom. The summed E-state index contributed by atoms with van der Waals surface area (Å²) in [7, 11) is 0. The Morgan fingerprint density at radius 1 is 0.931 bits per heavy atom. The molecule has 3 rings (SSSR count). The molecule has 5 nitrogen and oxygen atoms in total. The standard InChI is InChI=1S/C23H21FN2O3/c1-16(27)25-14-17-5-9-19(10-6-17)23(28)26-21-3-2-4-22(13-21)29-15-18-7-11-20(24)12-8-18/h2-13H,14-15H2,1H3,(H,25,27)(H,26,28). The van der Waals surface area contributed by atoms with E-state index >= 15 is 0 Å². The highest BCUT2D eigenvalue weighted by molar-refractivity contribution is 6.04. The van der Waals surface area contributed by atoms with Crippen molar-refractivity contribution in [2.75, 3.05) is 5.32 Å². The highest BCUT2D eigenvalue weighted by Crippen LogP contribution is 2.19. The molecule has 0 unspecified atom stereocenters. The second-order valence-corrected chi connectivity index (χ2v) is 6.50. The molecular formula is C23H21FN2O3. The average Bonchev–Trinajstić information content (AvgIpc) is 2.72. The van der Waals surface area contributed by atoms with Crippen LogP contribution in [0.4, 0.5) is 10.1 Å². The Hall–Kier alpha value is -3.67. The molecular weight excluding hydrogens is 371 g/mol. The molecule has 3 aromatic carbocycles. The Labute approximate surface area is 168 Å². The van der Waals surface area contributed by atoms with Crippen LogP contribution in [0.5, 0.6) is 5.75 Å². The summed E-state index contributed by atoms with van der Waals surface area (Å²) in [6, 6.07) is 20.2. The summed E-state index contributed by atoms with van der Waals surface area (Å²) >= 11 is 0. The number of hydrogen-bond acceptors (Lipinski definition) is 3. The van der Waals surface area contributed by atoms with Crippen LogP contribution in [0.1, 0.15) is 28.4 Å². The molecule has 0 aliphatic rings. The van der Waals surface area contributed by atoms with Crippen molar-refractivity contribution < 1.29 is 18.7 Å². The third-order valence-electron chi connectivity index (χ3n) is 4.17. The van der Waals surface area contributed by atoms with E-state index in [4.69, 9.17) is 4.74 Å². The quantitative estimate of drug-likeness (QED) is 0.630. The SMILES string of the molecule is CC(=O)NCc1ccc(C(=O)Nc2cccc(OCc3ccc(F)cc3)c2)cc1. The second-order valence-electron chi connectivity index (χ2n) is 6.50. The number of anilines is 1. The van der Waals surface area contributed by atoms with Crippen LogP contribution in [0, 0.1) is 5.82 Å². The molecule has 0 spiro atoms. The van der Waals surface area contributed by atoms with E-state index in [9.17, 15) is 14.0 Å². The second kappa shape index (κ2) is 9.50. The molecule has 0 aliphatic heterocycles. The van der Waals surface area contributed by atoms with Crippen LogP contribution in [-0.4, -0.2) is 11.8 Å². The van der Waals surface area contributed by atoms with Gasteiger partial charge < -0.3 is 15.4 Å². The molecule has 2 amide bonds. The molecule has 3 aromatic rings. The summed E-state index contributed by atoms with van der Waals surface area (Å²) in [5.41, 5.74) is 2.87. The van der Waals surface area contributed by atoms with E-state index in [2.05, 4.69) is 10.6 Å². The number of amides is 2. The molecule has 0 aromatic heterocycles. The lowest BCUT2D eigenvalue weighted by Gasteiger charge is -2.10. The molecule has 148 valence electrons. The average molecular weight is 392 g/mol. The predicted octanol–water partition coefficient (Wildman–Crippen LogP) is 4.29. The van der Waals surface area contributed by atoms with Gasteiger partial charge in [-0.2, -0.15) is 0 Å². The van der Waals surface area contributed by atoms with Gasteiger partial charge in [-0.05, 0) is 47.5 Å². The summed E-state index contributed by atoms with van der Waals surface area (Å²) < 4.78 is 18.7. The largest absolute Gasteiger partial charge is 0.489 e. The number of carbonyl (C=O) groups excluding carboxylic acids is 2. The zero-order valence-corrected chi connectivity index (χ0v) is 15.9. The molecule has 2 N–H and O–H groups in total. The number of ether oxygens (including phenoxy) is 1. The van der Waals surface area contributed by atoms with Gasteiger partial charge >= 0.3 is 0 Å². The van der Waals surface area contributed by atoms with Crippen LogP contribution in [0.3, 0.4) is 0 Å². The van der Waals surface area contributed by atoms with E-state index in [1.165, 1.54) is 19.1 Å². The minimum Gasteiger partial charge on any atom is -0.489 e. The first-order chi connectivity index (χ1) is 14.0. The highest BCUT2D eigenvalue weighted by atomic mass is 19.1. The van der Waals surface area contributed by atoms with E-state index < -0.39 is 0 Å². The zero-order valence-electron chi connectivity index (χ0n) is 15.9. The minimum atomic E-state index is -0.290. The summed E-state index contributed by atoms with van der Waals surface area (Å²) in [4.78, 5) is 23.4. The van der Waals surface area contributed by atoms with Crippen molar-refractivity contribution in [3.8, 4) is 5.75 Å². The normalized spacial score (nSPS) is 10.3. The third kappa shape index (κ3) is 6.17. The number of hydrogen-bond donors (Lipinski definition) is 2. The number of rotatable bonds is 7. The van der Waals surface area contributed by atoms with Gasteiger partial charge in [-0.3, -0.25) is 9.59 Å². The fraction of sp³-hybridized carbons (Fsp3) is 0.130. The molecule has 29 heavy (non-hydrogen) atoms. The molecule has 0 atom stereocenters. The van der Waals surface area contributed by atoms with Crippen LogP contribution >= 0.6 is 0 Å². The van der Waals surface area contributed by atoms with Crippen molar-refractivity contribution in [2.24, 2.45) is 0 Å². The van der Waals surface area contributed by atoms with Crippen molar-refractivity contribution in [1.82, 2.24) is 5.32 Å². The number of halogens is 1. The minimum absolute atomic E-state index is 0.103. The van der Waals surface area contributed by atoms with Gasteiger partial charge in [-0.25, -0.2) is 4.39 Å². The molecule has 0 bridgehead atoms. The van der Waals surface area contributed by atoms with Crippen LogP contribution in [0.2, 0.25) is 0 Å². The van der Waals surface area contributed by atoms with Crippen molar-refractivity contribution in [1.29, 1.82) is 0 Å². The fourth-order valence-corrected chi connectivity index (χ4v) is 2.61. The lowest BCUT2D eigenvalue weighted by Crippen LogP contribution is -2.19. The van der Waals surface area contributed by atoms with Gasteiger partial charge in [0.2, 0.25) is 5.91 Å². The Morgan fingerprint density at radius 3 is 2.31 bits per heavy atom. The summed E-state index contributed by atoms with van der Waals surface area (Å²) in [6.45, 7) is 2.18. The summed E-state index contributed by atoms with van der Waals surface area (Å²) in [5, 5.41) is 5.55. The van der Waals surface area contributed by atoms with Crippen LogP contribution in [-0.2, 0) is 17.9 Å². The van der Waals surface area contributed by atoms with E-state index in [1.54, 1.807) is 60.7 Å². The zero-order chi connectivity index (χ0) is 20.6. The van der Waals surface area contributed by atoms with Crippen molar-refractivity contribution >= 4 is 17.5 Å². The lowest BCUT2D eigenvalue weighted by atomic mass is 10.1. The molecule has 0 saturated carbocycles. The first-order valence-electron chi connectivity index (χ1n) is 9.11. The molecule has 6 heteroatoms. The highest BCUT2D eigenvalue weighted by Gasteiger charge is 2.07. The van der Waals surface area contributed by atoms with Gasteiger partial charge in [0.05, 0.1) is 0 Å². The Bertz CT molecular complexity index is 986. The van der Waals surface area contributed by atoms with E-state index in [1.807, 2.05) is 0 Å². The Kier molecular flexibility index (Phi) is 6.58. The first-order valence-corrected chi connectivity index (χ1v) is 9.11. The number of benzene rings is 3. The molecule has 0 fully saturated rings. The van der Waals surface area contributed by atoms with E-state index in [-0.39, 0.29) is 17.6 Å². The van der Waals surface area contributed by atoms with Crippen LogP contribution < -0.4 is 15.4 Å². The lowest BCUT2D eigenvalue weighted by molar-refractivity contribution is -0.119. The van der Waals surface area contributed by atoms with Crippen molar-refractivity contribution in [2.45, 2.75) is 20.1 Å². The van der Waals surface area contributed by atoms with E-state index in [0.29, 0.717) is 30.2 Å². The maximum absolute atomic E-state index is 13.0.